The van der Waals surface area contributed by atoms with Gasteiger partial charge in [-0.15, -0.1) is 0 Å². The first-order valence-corrected chi connectivity index (χ1v) is 6.79. The quantitative estimate of drug-likeness (QED) is 0.619. The Kier molecular flexibility index (Phi) is 3.25. The van der Waals surface area contributed by atoms with Crippen molar-refractivity contribution in [1.82, 2.24) is 10.1 Å². The average molecular weight is 278 g/mol. The average Bonchev–Trinajstić information content (AvgIpc) is 3.08. The van der Waals surface area contributed by atoms with E-state index in [1.807, 2.05) is 19.0 Å². The van der Waals surface area contributed by atoms with E-state index in [9.17, 15) is 4.79 Å². The molecule has 20 heavy (non-hydrogen) atoms. The van der Waals surface area contributed by atoms with Crippen molar-refractivity contribution in [2.75, 3.05) is 20.7 Å². The Morgan fingerprint density at radius 1 is 1.45 bits per heavy atom. The van der Waals surface area contributed by atoms with Crippen LogP contribution in [0.25, 0.3) is 0 Å². The van der Waals surface area contributed by atoms with Gasteiger partial charge in [-0.2, -0.15) is 0 Å². The van der Waals surface area contributed by atoms with E-state index in [0.29, 0.717) is 6.61 Å². The van der Waals surface area contributed by atoms with Gasteiger partial charge in [-0.25, -0.2) is 4.79 Å². The Balaban J connectivity index is 1.88. The lowest BCUT2D eigenvalue weighted by molar-refractivity contribution is 0.0478. The van der Waals surface area contributed by atoms with Crippen molar-refractivity contribution in [3.05, 3.63) is 28.8 Å². The summed E-state index contributed by atoms with van der Waals surface area (Å²) in [6.07, 6.45) is 3.63. The highest BCUT2D eigenvalue weighted by molar-refractivity contribution is 5.88. The molecule has 0 spiro atoms. The molecule has 1 aromatic rings. The summed E-state index contributed by atoms with van der Waals surface area (Å²) in [6, 6.07) is 0. The number of carbonyl (C=O) groups excluding carboxylic acids is 1. The van der Waals surface area contributed by atoms with E-state index in [-0.39, 0.29) is 18.0 Å². The Labute approximate surface area is 117 Å². The van der Waals surface area contributed by atoms with Crippen molar-refractivity contribution >= 4 is 5.97 Å². The first-order valence-electron chi connectivity index (χ1n) is 6.79. The zero-order chi connectivity index (χ0) is 14.3. The molecule has 2 unspecified atom stereocenters. The predicted octanol–water partition coefficient (Wildman–Crippen LogP) is 1.68. The number of hydrogen-bond acceptors (Lipinski definition) is 6. The Morgan fingerprint density at radius 2 is 2.25 bits per heavy atom. The van der Waals surface area contributed by atoms with Gasteiger partial charge < -0.3 is 18.9 Å². The number of rotatable bonds is 3. The highest BCUT2D eigenvalue weighted by Crippen LogP contribution is 2.48. The van der Waals surface area contributed by atoms with E-state index >= 15 is 0 Å². The zero-order valence-electron chi connectivity index (χ0n) is 11.9. The Morgan fingerprint density at radius 3 is 2.95 bits per heavy atom. The largest absolute Gasteiger partial charge is 0.460 e. The zero-order valence-corrected chi connectivity index (χ0v) is 11.9. The highest BCUT2D eigenvalue weighted by Gasteiger charge is 2.49. The van der Waals surface area contributed by atoms with Crippen LogP contribution < -0.4 is 0 Å². The SMILES string of the molecule is CCOC(=O)c1onc2c1CC/C(=C\N(C)C)C1OC21. The third-order valence-corrected chi connectivity index (χ3v) is 3.49. The first-order chi connectivity index (χ1) is 9.61. The normalized spacial score (nSPS) is 25.6. The van der Waals surface area contributed by atoms with Crippen LogP contribution in [0.2, 0.25) is 0 Å². The molecule has 0 bridgehead atoms. The number of aromatic nitrogens is 1. The Hall–Kier alpha value is -1.82. The lowest BCUT2D eigenvalue weighted by Gasteiger charge is -2.09. The summed E-state index contributed by atoms with van der Waals surface area (Å²) in [5.41, 5.74) is 2.81. The van der Waals surface area contributed by atoms with Gasteiger partial charge in [0.05, 0.1) is 6.61 Å². The molecule has 2 heterocycles. The highest BCUT2D eigenvalue weighted by atomic mass is 16.6. The maximum absolute atomic E-state index is 11.8. The number of hydrogen-bond donors (Lipinski definition) is 0. The van der Waals surface area contributed by atoms with Crippen molar-refractivity contribution in [2.45, 2.75) is 32.0 Å². The van der Waals surface area contributed by atoms with E-state index in [0.717, 1.165) is 24.1 Å². The number of ether oxygens (including phenoxy) is 2. The smallest absolute Gasteiger partial charge is 0.377 e. The summed E-state index contributed by atoms with van der Waals surface area (Å²) >= 11 is 0. The van der Waals surface area contributed by atoms with Gasteiger partial charge in [0.25, 0.3) is 0 Å². The van der Waals surface area contributed by atoms with Crippen LogP contribution >= 0.6 is 0 Å². The first kappa shape index (κ1) is 13.2. The van der Waals surface area contributed by atoms with Crippen LogP contribution in [0.15, 0.2) is 16.3 Å². The molecule has 6 heteroatoms. The molecule has 3 rings (SSSR count). The van der Waals surface area contributed by atoms with Gasteiger partial charge in [0.1, 0.15) is 17.9 Å². The molecule has 0 amide bonds. The number of nitrogens with zero attached hydrogens (tertiary/aromatic N) is 2. The summed E-state index contributed by atoms with van der Waals surface area (Å²) in [7, 11) is 3.97. The monoisotopic (exact) mass is 278 g/mol. The maximum atomic E-state index is 11.8. The van der Waals surface area contributed by atoms with E-state index in [1.54, 1.807) is 6.92 Å². The van der Waals surface area contributed by atoms with Crippen LogP contribution in [0, 0.1) is 0 Å². The third-order valence-electron chi connectivity index (χ3n) is 3.49. The Bertz CT molecular complexity index is 562. The van der Waals surface area contributed by atoms with Crippen molar-refractivity contribution in [3.8, 4) is 0 Å². The minimum atomic E-state index is -0.446. The van der Waals surface area contributed by atoms with Crippen molar-refractivity contribution < 1.29 is 18.8 Å². The van der Waals surface area contributed by atoms with Gasteiger partial charge in [0.2, 0.25) is 5.76 Å². The molecule has 2 aliphatic rings. The minimum Gasteiger partial charge on any atom is -0.460 e. The van der Waals surface area contributed by atoms with Gasteiger partial charge >= 0.3 is 5.97 Å². The summed E-state index contributed by atoms with van der Waals surface area (Å²) in [5, 5.41) is 4.01. The molecule has 0 radical (unpaired) electrons. The van der Waals surface area contributed by atoms with Crippen LogP contribution in [0.5, 0.6) is 0 Å². The second-order valence-corrected chi connectivity index (χ2v) is 5.24. The van der Waals surface area contributed by atoms with Crippen molar-refractivity contribution in [1.29, 1.82) is 0 Å². The molecular formula is C14H18N2O4. The van der Waals surface area contributed by atoms with Crippen LogP contribution in [0.1, 0.15) is 41.3 Å². The molecule has 1 aromatic heterocycles. The molecule has 6 nitrogen and oxygen atoms in total. The number of esters is 1. The van der Waals surface area contributed by atoms with E-state index in [1.165, 1.54) is 5.57 Å². The van der Waals surface area contributed by atoms with E-state index in [4.69, 9.17) is 14.0 Å². The molecule has 0 saturated carbocycles. The van der Waals surface area contributed by atoms with Crippen LogP contribution in [-0.2, 0) is 15.9 Å². The second-order valence-electron chi connectivity index (χ2n) is 5.24. The molecular weight excluding hydrogens is 260 g/mol. The summed E-state index contributed by atoms with van der Waals surface area (Å²) in [5.74, 6) is -0.222. The summed E-state index contributed by atoms with van der Waals surface area (Å²) in [4.78, 5) is 13.9. The molecule has 1 aliphatic carbocycles. The molecule has 0 N–H and O–H groups in total. The van der Waals surface area contributed by atoms with E-state index in [2.05, 4.69) is 11.4 Å². The van der Waals surface area contributed by atoms with Gasteiger partial charge in [0.15, 0.2) is 0 Å². The second kappa shape index (κ2) is 4.94. The fourth-order valence-corrected chi connectivity index (χ4v) is 2.63. The molecule has 1 saturated heterocycles. The number of carbonyl (C=O) groups is 1. The van der Waals surface area contributed by atoms with Gasteiger partial charge in [-0.05, 0) is 25.3 Å². The van der Waals surface area contributed by atoms with Crippen molar-refractivity contribution in [2.24, 2.45) is 0 Å². The fourth-order valence-electron chi connectivity index (χ4n) is 2.63. The minimum absolute atomic E-state index is 0.0683. The lowest BCUT2D eigenvalue weighted by Crippen LogP contribution is -2.08. The van der Waals surface area contributed by atoms with Crippen LogP contribution in [-0.4, -0.2) is 42.8 Å². The molecule has 2 atom stereocenters. The molecule has 0 aromatic carbocycles. The fraction of sp³-hybridized carbons (Fsp3) is 0.571. The summed E-state index contributed by atoms with van der Waals surface area (Å²) < 4.78 is 15.8. The van der Waals surface area contributed by atoms with Gasteiger partial charge in [0, 0.05) is 25.9 Å². The molecule has 1 fully saturated rings. The maximum Gasteiger partial charge on any atom is 0.377 e. The lowest BCUT2D eigenvalue weighted by atomic mass is 10.1. The third kappa shape index (κ3) is 2.20. The van der Waals surface area contributed by atoms with Gasteiger partial charge in [-0.3, -0.25) is 0 Å². The topological polar surface area (TPSA) is 68.1 Å². The molecule has 108 valence electrons. The summed E-state index contributed by atoms with van der Waals surface area (Å²) in [6.45, 7) is 2.09. The van der Waals surface area contributed by atoms with Gasteiger partial charge in [-0.1, -0.05) is 5.16 Å². The number of epoxide rings is 1. The van der Waals surface area contributed by atoms with Crippen LogP contribution in [0.3, 0.4) is 0 Å². The standard InChI is InChI=1S/C14H18N2O4/c1-4-18-14(17)12-9-6-5-8(7-16(2)3)11-13(19-11)10(9)15-20-12/h7,11,13H,4-6H2,1-3H3/b8-7+. The molecule has 1 aliphatic heterocycles. The van der Waals surface area contributed by atoms with E-state index < -0.39 is 5.97 Å². The number of fused-ring (bicyclic) bond motifs is 3. The van der Waals surface area contributed by atoms with Crippen molar-refractivity contribution in [3.63, 3.8) is 0 Å². The predicted molar refractivity (Wildman–Crippen MR) is 70.2 cm³/mol. The van der Waals surface area contributed by atoms with Crippen LogP contribution in [0.4, 0.5) is 0 Å².